The van der Waals surface area contributed by atoms with Crippen LogP contribution in [0.25, 0.3) is 0 Å². The summed E-state index contributed by atoms with van der Waals surface area (Å²) in [5, 5.41) is 13.5. The minimum absolute atomic E-state index is 0.0757. The highest BCUT2D eigenvalue weighted by molar-refractivity contribution is 5.35. The van der Waals surface area contributed by atoms with E-state index in [1.165, 1.54) is 6.07 Å². The van der Waals surface area contributed by atoms with Gasteiger partial charge in [0, 0.05) is 12.6 Å². The molecule has 1 rings (SSSR count). The molecule has 1 aromatic rings. The van der Waals surface area contributed by atoms with Gasteiger partial charge in [-0.15, -0.1) is 6.42 Å². The Balaban J connectivity index is 2.72. The second-order valence-corrected chi connectivity index (χ2v) is 3.55. The summed E-state index contributed by atoms with van der Waals surface area (Å²) in [4.78, 5) is 9.67. The van der Waals surface area contributed by atoms with Gasteiger partial charge in [-0.1, -0.05) is 18.9 Å². The predicted molar refractivity (Wildman–Crippen MR) is 62.8 cm³/mol. The van der Waals surface area contributed by atoms with E-state index in [0.29, 0.717) is 12.1 Å². The van der Waals surface area contributed by atoms with Crippen LogP contribution in [0.15, 0.2) is 18.2 Å². The Labute approximate surface area is 99.0 Å². The normalized spacial score (nSPS) is 11.8. The van der Waals surface area contributed by atoms with E-state index < -0.39 is 16.4 Å². The molecule has 5 heteroatoms. The minimum atomic E-state index is -0.831. The van der Waals surface area contributed by atoms with Crippen LogP contribution in [0.1, 0.15) is 18.9 Å². The number of nitro benzene ring substituents is 1. The van der Waals surface area contributed by atoms with Gasteiger partial charge in [0.15, 0.2) is 0 Å². The first-order chi connectivity index (χ1) is 8.08. The Kier molecular flexibility index (Phi) is 4.61. The van der Waals surface area contributed by atoms with Crippen LogP contribution in [-0.2, 0) is 6.54 Å². The second kappa shape index (κ2) is 5.97. The molecule has 0 radical (unpaired) electrons. The third kappa shape index (κ3) is 3.54. The van der Waals surface area contributed by atoms with Crippen LogP contribution < -0.4 is 5.32 Å². The highest BCUT2D eigenvalue weighted by Gasteiger charge is 2.13. The Bertz CT molecular complexity index is 454. The van der Waals surface area contributed by atoms with Crippen molar-refractivity contribution in [2.45, 2.75) is 25.9 Å². The predicted octanol–water partition coefficient (Wildman–Crippen LogP) is 2.24. The van der Waals surface area contributed by atoms with Crippen molar-refractivity contribution in [1.82, 2.24) is 5.32 Å². The Morgan fingerprint density at radius 1 is 1.65 bits per heavy atom. The number of nitrogens with one attached hydrogen (secondary N) is 1. The number of nitro groups is 1. The largest absolute Gasteiger partial charge is 0.304 e. The molecule has 90 valence electrons. The Morgan fingerprint density at radius 3 is 2.82 bits per heavy atom. The second-order valence-electron chi connectivity index (χ2n) is 3.55. The van der Waals surface area contributed by atoms with E-state index in [2.05, 4.69) is 11.2 Å². The third-order valence-corrected chi connectivity index (χ3v) is 2.37. The van der Waals surface area contributed by atoms with Gasteiger partial charge < -0.3 is 0 Å². The van der Waals surface area contributed by atoms with Crippen molar-refractivity contribution in [2.75, 3.05) is 0 Å². The quantitative estimate of drug-likeness (QED) is 0.484. The van der Waals surface area contributed by atoms with Crippen molar-refractivity contribution in [3.63, 3.8) is 0 Å². The van der Waals surface area contributed by atoms with Crippen LogP contribution in [0.4, 0.5) is 10.1 Å². The van der Waals surface area contributed by atoms with Gasteiger partial charge >= 0.3 is 5.69 Å². The number of rotatable bonds is 5. The summed E-state index contributed by atoms with van der Waals surface area (Å²) >= 11 is 0. The van der Waals surface area contributed by atoms with Crippen LogP contribution in [0.3, 0.4) is 0 Å². The number of halogens is 1. The maximum atomic E-state index is 13.3. The lowest BCUT2D eigenvalue weighted by molar-refractivity contribution is -0.387. The molecule has 0 spiro atoms. The van der Waals surface area contributed by atoms with Crippen LogP contribution in [0.2, 0.25) is 0 Å². The van der Waals surface area contributed by atoms with E-state index in [0.717, 1.165) is 18.6 Å². The fourth-order valence-electron chi connectivity index (χ4n) is 1.37. The van der Waals surface area contributed by atoms with Crippen molar-refractivity contribution in [2.24, 2.45) is 0 Å². The molecule has 0 bridgehead atoms. The molecule has 0 aliphatic heterocycles. The van der Waals surface area contributed by atoms with Gasteiger partial charge in [0.25, 0.3) is 0 Å². The minimum Gasteiger partial charge on any atom is -0.300 e. The van der Waals surface area contributed by atoms with Crippen LogP contribution in [0.5, 0.6) is 0 Å². The van der Waals surface area contributed by atoms with Crippen LogP contribution >= 0.6 is 0 Å². The summed E-state index contributed by atoms with van der Waals surface area (Å²) in [5.41, 5.74) is 0.111. The average molecular weight is 236 g/mol. The maximum absolute atomic E-state index is 13.3. The molecular weight excluding hydrogens is 223 g/mol. The molecule has 0 aliphatic rings. The topological polar surface area (TPSA) is 55.2 Å². The number of benzene rings is 1. The SMILES string of the molecule is C#CC(CC)NCc1ccc([N+](=O)[O-])c(F)c1. The third-order valence-electron chi connectivity index (χ3n) is 2.37. The highest BCUT2D eigenvalue weighted by Crippen LogP contribution is 2.17. The first kappa shape index (κ1) is 13.1. The fraction of sp³-hybridized carbons (Fsp3) is 0.333. The molecule has 1 aromatic carbocycles. The van der Waals surface area contributed by atoms with Gasteiger partial charge in [0.1, 0.15) is 0 Å². The molecular formula is C12H13FN2O2. The van der Waals surface area contributed by atoms with E-state index in [1.807, 2.05) is 6.92 Å². The lowest BCUT2D eigenvalue weighted by Crippen LogP contribution is -2.26. The molecule has 17 heavy (non-hydrogen) atoms. The van der Waals surface area contributed by atoms with Crippen molar-refractivity contribution in [3.8, 4) is 12.3 Å². The fourth-order valence-corrected chi connectivity index (χ4v) is 1.37. The zero-order valence-corrected chi connectivity index (χ0v) is 9.44. The van der Waals surface area contributed by atoms with Gasteiger partial charge in [-0.3, -0.25) is 15.4 Å². The maximum Gasteiger partial charge on any atom is 0.304 e. The molecule has 0 saturated heterocycles. The molecule has 0 aromatic heterocycles. The van der Waals surface area contributed by atoms with E-state index in [4.69, 9.17) is 6.42 Å². The van der Waals surface area contributed by atoms with Gasteiger partial charge in [0.2, 0.25) is 5.82 Å². The summed E-state index contributed by atoms with van der Waals surface area (Å²) in [7, 11) is 0. The average Bonchev–Trinajstić information content (AvgIpc) is 2.30. The Morgan fingerprint density at radius 2 is 2.35 bits per heavy atom. The van der Waals surface area contributed by atoms with Crippen LogP contribution in [-0.4, -0.2) is 11.0 Å². The molecule has 0 amide bonds. The van der Waals surface area contributed by atoms with Crippen molar-refractivity contribution in [3.05, 3.63) is 39.7 Å². The lowest BCUT2D eigenvalue weighted by atomic mass is 10.1. The number of hydrogen-bond acceptors (Lipinski definition) is 3. The highest BCUT2D eigenvalue weighted by atomic mass is 19.1. The number of terminal acetylenes is 1. The van der Waals surface area contributed by atoms with Crippen LogP contribution in [0, 0.1) is 28.3 Å². The Hall–Kier alpha value is -1.93. The first-order valence-corrected chi connectivity index (χ1v) is 5.20. The number of hydrogen-bond donors (Lipinski definition) is 1. The molecule has 0 saturated carbocycles. The summed E-state index contributed by atoms with van der Waals surface area (Å²) in [6.45, 7) is 2.32. The summed E-state index contributed by atoms with van der Waals surface area (Å²) in [5.74, 6) is 1.72. The molecule has 1 unspecified atom stereocenters. The number of nitrogens with zero attached hydrogens (tertiary/aromatic N) is 1. The van der Waals surface area contributed by atoms with Crippen molar-refractivity contribution in [1.29, 1.82) is 0 Å². The standard InChI is InChI=1S/C12H13FN2O2/c1-3-10(4-2)14-8-9-5-6-12(15(16)17)11(13)7-9/h1,5-7,10,14H,4,8H2,2H3. The van der Waals surface area contributed by atoms with Crippen molar-refractivity contribution < 1.29 is 9.31 Å². The molecule has 0 heterocycles. The summed E-state index contributed by atoms with van der Waals surface area (Å²) < 4.78 is 13.3. The smallest absolute Gasteiger partial charge is 0.300 e. The zero-order valence-electron chi connectivity index (χ0n) is 9.44. The van der Waals surface area contributed by atoms with Gasteiger partial charge in [-0.2, -0.15) is 4.39 Å². The van der Waals surface area contributed by atoms with Crippen molar-refractivity contribution >= 4 is 5.69 Å². The van der Waals surface area contributed by atoms with E-state index in [-0.39, 0.29) is 6.04 Å². The van der Waals surface area contributed by atoms with Gasteiger partial charge in [0.05, 0.1) is 11.0 Å². The molecule has 1 atom stereocenters. The molecule has 4 nitrogen and oxygen atoms in total. The van der Waals surface area contributed by atoms with Gasteiger partial charge in [-0.05, 0) is 18.1 Å². The lowest BCUT2D eigenvalue weighted by Gasteiger charge is -2.10. The molecule has 0 fully saturated rings. The van der Waals surface area contributed by atoms with Gasteiger partial charge in [-0.25, -0.2) is 0 Å². The zero-order chi connectivity index (χ0) is 12.8. The van der Waals surface area contributed by atoms with E-state index >= 15 is 0 Å². The first-order valence-electron chi connectivity index (χ1n) is 5.20. The monoisotopic (exact) mass is 236 g/mol. The molecule has 0 aliphatic carbocycles. The van der Waals surface area contributed by atoms with E-state index in [1.54, 1.807) is 0 Å². The summed E-state index contributed by atoms with van der Waals surface area (Å²) in [6, 6.07) is 3.74. The molecule has 1 N–H and O–H groups in total. The van der Waals surface area contributed by atoms with E-state index in [9.17, 15) is 14.5 Å². The summed E-state index contributed by atoms with van der Waals surface area (Å²) in [6.07, 6.45) is 6.04.